The third-order valence-corrected chi connectivity index (χ3v) is 14.5. The Balaban J connectivity index is 0.942. The first kappa shape index (κ1) is 44.6. The maximum absolute atomic E-state index is 5.51. The summed E-state index contributed by atoms with van der Waals surface area (Å²) in [6, 6.07) is 90.1. The lowest BCUT2D eigenvalue weighted by atomic mass is 10.1. The van der Waals surface area contributed by atoms with Gasteiger partial charge in [0.25, 0.3) is 0 Å². The van der Waals surface area contributed by atoms with Gasteiger partial charge in [-0.15, -0.1) is 0 Å². The predicted molar refractivity (Wildman–Crippen MR) is 315 cm³/mol. The maximum atomic E-state index is 5.51. The topological polar surface area (TPSA) is 55.0 Å². The van der Waals surface area contributed by atoms with Gasteiger partial charge in [-0.3, -0.25) is 0 Å². The van der Waals surface area contributed by atoms with Crippen molar-refractivity contribution in [2.45, 2.75) is 12.8 Å². The zero-order valence-electron chi connectivity index (χ0n) is 41.5. The Bertz CT molecular complexity index is 4310. The van der Waals surface area contributed by atoms with Crippen molar-refractivity contribution < 1.29 is 0 Å². The van der Waals surface area contributed by atoms with E-state index in [2.05, 4.69) is 274 Å². The number of anilines is 5. The Labute approximate surface area is 440 Å². The molecule has 360 valence electrons. The molecule has 1 aliphatic rings. The Kier molecular flexibility index (Phi) is 11.2. The zero-order chi connectivity index (χ0) is 50.4. The maximum Gasteiger partial charge on any atom is 0.166 e. The Morgan fingerprint density at radius 2 is 0.724 bits per heavy atom. The van der Waals surface area contributed by atoms with E-state index in [0.29, 0.717) is 17.5 Å². The molecular weight excluding hydrogens is 927 g/mol. The summed E-state index contributed by atoms with van der Waals surface area (Å²) in [5.41, 5.74) is 15.6. The molecule has 0 N–H and O–H groups in total. The van der Waals surface area contributed by atoms with Crippen LogP contribution in [0.5, 0.6) is 0 Å². The molecular formula is C69H49N7. The molecule has 0 aliphatic heterocycles. The van der Waals surface area contributed by atoms with E-state index in [1.807, 2.05) is 18.2 Å². The predicted octanol–water partition coefficient (Wildman–Crippen LogP) is 17.9. The standard InChI is InChI=1S/C69H49N7/c1-6-24-48(25-7-1)67-70-68(57-36-18-22-40-63(57)75-61-38-20-16-34-55(61)59-46-53(42-44-65(59)75)73(49-26-8-2-9-27-49)50-28-10-3-11-29-50)72-69(71-67)58-37-19-23-41-64(58)76-62-39-21-17-35-56(62)60-47-54(43-45-66(60)76)74(51-30-12-4-13-31-51)52-32-14-5-15-33-52/h1-4,6-14,16-47H,5,15H2. The van der Waals surface area contributed by atoms with Gasteiger partial charge in [0.1, 0.15) is 0 Å². The molecule has 13 aromatic rings. The van der Waals surface area contributed by atoms with Crippen LogP contribution in [0.15, 0.2) is 279 Å². The molecule has 0 unspecified atom stereocenters. The Morgan fingerprint density at radius 1 is 0.316 bits per heavy atom. The number of aromatic nitrogens is 5. The fraction of sp³-hybridized carbons (Fsp3) is 0.0290. The Hall–Kier alpha value is -10.1. The average Bonchev–Trinajstić information content (AvgIpc) is 4.01. The second kappa shape index (κ2) is 19.1. The fourth-order valence-corrected chi connectivity index (χ4v) is 11.2. The van der Waals surface area contributed by atoms with Gasteiger partial charge < -0.3 is 18.9 Å². The fourth-order valence-electron chi connectivity index (χ4n) is 11.2. The number of benzene rings is 10. The van der Waals surface area contributed by atoms with Gasteiger partial charge in [-0.1, -0.05) is 158 Å². The molecule has 0 spiro atoms. The molecule has 0 fully saturated rings. The van der Waals surface area contributed by atoms with Gasteiger partial charge in [0, 0.05) is 72.4 Å². The van der Waals surface area contributed by atoms with Crippen LogP contribution < -0.4 is 9.80 Å². The highest BCUT2D eigenvalue weighted by molar-refractivity contribution is 6.12. The Morgan fingerprint density at radius 3 is 1.22 bits per heavy atom. The second-order valence-electron chi connectivity index (χ2n) is 19.1. The van der Waals surface area contributed by atoms with Crippen LogP contribution in [0.4, 0.5) is 28.4 Å². The minimum absolute atomic E-state index is 0.579. The van der Waals surface area contributed by atoms with Crippen molar-refractivity contribution in [1.82, 2.24) is 24.1 Å². The molecule has 0 atom stereocenters. The quantitative estimate of drug-likeness (QED) is 0.129. The highest BCUT2D eigenvalue weighted by Crippen LogP contribution is 2.43. The van der Waals surface area contributed by atoms with E-state index in [4.69, 9.17) is 15.0 Å². The third kappa shape index (κ3) is 7.81. The van der Waals surface area contributed by atoms with Gasteiger partial charge in [-0.25, -0.2) is 15.0 Å². The van der Waals surface area contributed by atoms with E-state index < -0.39 is 0 Å². The molecule has 0 saturated carbocycles. The minimum Gasteiger partial charge on any atom is -0.311 e. The molecule has 1 aliphatic carbocycles. The summed E-state index contributed by atoms with van der Waals surface area (Å²) in [4.78, 5) is 20.9. The number of allylic oxidation sites excluding steroid dienone is 3. The van der Waals surface area contributed by atoms with Crippen LogP contribution in [0.3, 0.4) is 0 Å². The van der Waals surface area contributed by atoms with Crippen molar-refractivity contribution in [3.05, 3.63) is 279 Å². The van der Waals surface area contributed by atoms with Crippen molar-refractivity contribution in [1.29, 1.82) is 0 Å². The molecule has 0 bridgehead atoms. The van der Waals surface area contributed by atoms with E-state index in [-0.39, 0.29) is 0 Å². The lowest BCUT2D eigenvalue weighted by molar-refractivity contribution is 0.997. The molecule has 10 aromatic carbocycles. The van der Waals surface area contributed by atoms with Gasteiger partial charge in [0.2, 0.25) is 0 Å². The van der Waals surface area contributed by atoms with Crippen LogP contribution in [-0.4, -0.2) is 24.1 Å². The van der Waals surface area contributed by atoms with Crippen LogP contribution >= 0.6 is 0 Å². The lowest BCUT2D eigenvalue weighted by Gasteiger charge is -2.27. The van der Waals surface area contributed by atoms with Gasteiger partial charge in [0.05, 0.1) is 33.4 Å². The average molecular weight is 976 g/mol. The lowest BCUT2D eigenvalue weighted by Crippen LogP contribution is -2.16. The summed E-state index contributed by atoms with van der Waals surface area (Å²) in [6.07, 6.45) is 8.92. The van der Waals surface area contributed by atoms with Gasteiger partial charge in [0.15, 0.2) is 17.5 Å². The van der Waals surface area contributed by atoms with Crippen LogP contribution in [0.1, 0.15) is 12.8 Å². The van der Waals surface area contributed by atoms with Crippen LogP contribution in [-0.2, 0) is 0 Å². The van der Waals surface area contributed by atoms with Gasteiger partial charge in [-0.2, -0.15) is 0 Å². The van der Waals surface area contributed by atoms with Crippen LogP contribution in [0.25, 0.3) is 89.2 Å². The van der Waals surface area contributed by atoms with Gasteiger partial charge >= 0.3 is 0 Å². The summed E-state index contributed by atoms with van der Waals surface area (Å²) in [7, 11) is 0. The molecule has 0 saturated heterocycles. The first-order valence-corrected chi connectivity index (χ1v) is 25.9. The molecule has 3 aromatic heterocycles. The number of para-hydroxylation sites is 7. The summed E-state index contributed by atoms with van der Waals surface area (Å²) in [6.45, 7) is 0. The number of nitrogens with zero attached hydrogens (tertiary/aromatic N) is 7. The van der Waals surface area contributed by atoms with E-state index in [9.17, 15) is 0 Å². The molecule has 0 radical (unpaired) electrons. The molecule has 0 amide bonds. The first-order valence-electron chi connectivity index (χ1n) is 25.9. The second-order valence-corrected chi connectivity index (χ2v) is 19.1. The molecule has 3 heterocycles. The molecule has 7 heteroatoms. The number of rotatable bonds is 11. The SMILES string of the molecule is C1=CC(N(c2ccccc2)c2ccc3c(c2)c2ccccc2n3-c2ccccc2-c2nc(-c3ccccc3)nc(-c3ccccc3-n3c4ccccc4c4cc(N(c5ccccc5)c5ccccc5)ccc43)n2)=CCC1. The number of hydrogen-bond donors (Lipinski definition) is 0. The summed E-state index contributed by atoms with van der Waals surface area (Å²) in [5.74, 6) is 1.75. The van der Waals surface area contributed by atoms with E-state index >= 15 is 0 Å². The van der Waals surface area contributed by atoms with Crippen molar-refractivity contribution >= 4 is 72.0 Å². The van der Waals surface area contributed by atoms with E-state index in [1.165, 1.54) is 5.70 Å². The van der Waals surface area contributed by atoms with Crippen molar-refractivity contribution in [2.75, 3.05) is 9.80 Å². The van der Waals surface area contributed by atoms with Crippen LogP contribution in [0, 0.1) is 0 Å². The molecule has 14 rings (SSSR count). The summed E-state index contributed by atoms with van der Waals surface area (Å²) < 4.78 is 4.74. The highest BCUT2D eigenvalue weighted by Gasteiger charge is 2.24. The van der Waals surface area contributed by atoms with Crippen molar-refractivity contribution in [2.24, 2.45) is 0 Å². The summed E-state index contributed by atoms with van der Waals surface area (Å²) >= 11 is 0. The largest absolute Gasteiger partial charge is 0.311 e. The molecule has 76 heavy (non-hydrogen) atoms. The number of hydrogen-bond acceptors (Lipinski definition) is 5. The summed E-state index contributed by atoms with van der Waals surface area (Å²) in [5, 5.41) is 4.62. The number of fused-ring (bicyclic) bond motifs is 6. The van der Waals surface area contributed by atoms with Crippen molar-refractivity contribution in [3.8, 4) is 45.5 Å². The third-order valence-electron chi connectivity index (χ3n) is 14.5. The minimum atomic E-state index is 0.579. The van der Waals surface area contributed by atoms with E-state index in [0.717, 1.165) is 113 Å². The van der Waals surface area contributed by atoms with Crippen molar-refractivity contribution in [3.63, 3.8) is 0 Å². The highest BCUT2D eigenvalue weighted by atomic mass is 15.2. The molecule has 7 nitrogen and oxygen atoms in total. The van der Waals surface area contributed by atoms with E-state index in [1.54, 1.807) is 0 Å². The van der Waals surface area contributed by atoms with Crippen LogP contribution in [0.2, 0.25) is 0 Å². The van der Waals surface area contributed by atoms with Gasteiger partial charge in [-0.05, 0) is 128 Å². The normalized spacial score (nSPS) is 12.4. The zero-order valence-corrected chi connectivity index (χ0v) is 41.5. The monoisotopic (exact) mass is 975 g/mol. The smallest absolute Gasteiger partial charge is 0.166 e. The first-order chi connectivity index (χ1) is 37.7.